The molecule has 1 fully saturated rings. The topological polar surface area (TPSA) is 69.6 Å². The van der Waals surface area contributed by atoms with E-state index in [1.807, 2.05) is 41.3 Å². The normalized spacial score (nSPS) is 18.1. The average Bonchev–Trinajstić information content (AvgIpc) is 2.63. The summed E-state index contributed by atoms with van der Waals surface area (Å²) in [4.78, 5) is 25.4. The SMILES string of the molecule is O=C(O)C[C@H]1C(=O)NCCN1CC(c1ccccc1)c1ccccc1. The van der Waals surface area contributed by atoms with E-state index in [1.54, 1.807) is 0 Å². The van der Waals surface area contributed by atoms with Crippen molar-refractivity contribution in [1.82, 2.24) is 10.2 Å². The highest BCUT2D eigenvalue weighted by molar-refractivity contribution is 5.86. The Balaban J connectivity index is 1.88. The largest absolute Gasteiger partial charge is 0.481 e. The van der Waals surface area contributed by atoms with E-state index in [9.17, 15) is 9.59 Å². The Bertz CT molecular complexity index is 679. The first-order chi connectivity index (χ1) is 12.1. The average molecular weight is 338 g/mol. The van der Waals surface area contributed by atoms with E-state index >= 15 is 0 Å². The highest BCUT2D eigenvalue weighted by atomic mass is 16.4. The number of rotatable bonds is 6. The predicted octanol–water partition coefficient (Wildman–Crippen LogP) is 2.09. The van der Waals surface area contributed by atoms with Crippen LogP contribution in [0.15, 0.2) is 60.7 Å². The third-order valence-electron chi connectivity index (χ3n) is 4.63. The smallest absolute Gasteiger partial charge is 0.305 e. The molecule has 1 atom stereocenters. The number of hydrogen-bond donors (Lipinski definition) is 2. The molecule has 0 aromatic heterocycles. The van der Waals surface area contributed by atoms with Gasteiger partial charge in [0.1, 0.15) is 0 Å². The molecule has 5 nitrogen and oxygen atoms in total. The van der Waals surface area contributed by atoms with Crippen LogP contribution >= 0.6 is 0 Å². The van der Waals surface area contributed by atoms with Crippen LogP contribution in [0.4, 0.5) is 0 Å². The number of carboxylic acids is 1. The van der Waals surface area contributed by atoms with E-state index in [1.165, 1.54) is 0 Å². The van der Waals surface area contributed by atoms with Crippen molar-refractivity contribution >= 4 is 11.9 Å². The van der Waals surface area contributed by atoms with Gasteiger partial charge in [-0.05, 0) is 11.1 Å². The first-order valence-electron chi connectivity index (χ1n) is 8.48. The predicted molar refractivity (Wildman–Crippen MR) is 95.4 cm³/mol. The van der Waals surface area contributed by atoms with E-state index in [0.717, 1.165) is 11.1 Å². The zero-order valence-corrected chi connectivity index (χ0v) is 14.0. The van der Waals surface area contributed by atoms with Crippen LogP contribution in [0, 0.1) is 0 Å². The number of aliphatic carboxylic acids is 1. The Labute approximate surface area is 147 Å². The molecule has 0 bridgehead atoms. The monoisotopic (exact) mass is 338 g/mol. The Kier molecular flexibility index (Phi) is 5.46. The fourth-order valence-corrected chi connectivity index (χ4v) is 3.38. The zero-order chi connectivity index (χ0) is 17.6. The molecule has 0 radical (unpaired) electrons. The summed E-state index contributed by atoms with van der Waals surface area (Å²) in [6, 6.07) is 19.7. The van der Waals surface area contributed by atoms with E-state index in [-0.39, 0.29) is 18.2 Å². The minimum absolute atomic E-state index is 0.0876. The van der Waals surface area contributed by atoms with Gasteiger partial charge in [0.25, 0.3) is 0 Å². The number of piperazine rings is 1. The van der Waals surface area contributed by atoms with Gasteiger partial charge < -0.3 is 10.4 Å². The summed E-state index contributed by atoms with van der Waals surface area (Å²) in [5.74, 6) is -1.07. The van der Waals surface area contributed by atoms with E-state index in [4.69, 9.17) is 5.11 Å². The molecule has 1 saturated heterocycles. The van der Waals surface area contributed by atoms with Gasteiger partial charge in [-0.3, -0.25) is 14.5 Å². The molecule has 2 N–H and O–H groups in total. The zero-order valence-electron chi connectivity index (χ0n) is 14.0. The maximum atomic E-state index is 12.2. The Morgan fingerprint density at radius 3 is 2.16 bits per heavy atom. The second-order valence-corrected chi connectivity index (χ2v) is 6.27. The van der Waals surface area contributed by atoms with Crippen LogP contribution in [0.2, 0.25) is 0 Å². The molecule has 0 aliphatic carbocycles. The maximum absolute atomic E-state index is 12.2. The molecule has 1 aliphatic rings. The molecule has 2 aromatic rings. The number of nitrogens with one attached hydrogen (secondary N) is 1. The van der Waals surface area contributed by atoms with Gasteiger partial charge in [0, 0.05) is 25.6 Å². The van der Waals surface area contributed by atoms with Crippen molar-refractivity contribution in [3.05, 3.63) is 71.8 Å². The fourth-order valence-electron chi connectivity index (χ4n) is 3.38. The number of hydrogen-bond acceptors (Lipinski definition) is 3. The first-order valence-corrected chi connectivity index (χ1v) is 8.48. The molecule has 25 heavy (non-hydrogen) atoms. The number of nitrogens with zero attached hydrogens (tertiary/aromatic N) is 1. The number of benzene rings is 2. The summed E-state index contributed by atoms with van der Waals surface area (Å²) in [7, 11) is 0. The number of carboxylic acid groups (broad SMARTS) is 1. The molecule has 1 heterocycles. The summed E-state index contributed by atoms with van der Waals surface area (Å²) >= 11 is 0. The van der Waals surface area contributed by atoms with Gasteiger partial charge in [-0.25, -0.2) is 0 Å². The Hall–Kier alpha value is -2.66. The summed E-state index contributed by atoms with van der Waals surface area (Å²) in [6.07, 6.45) is -0.178. The Morgan fingerprint density at radius 1 is 1.08 bits per heavy atom. The number of carbonyl (C=O) groups is 2. The van der Waals surface area contributed by atoms with Crippen LogP contribution in [0.3, 0.4) is 0 Å². The standard InChI is InChI=1S/C20H22N2O3/c23-19(24)13-18-20(25)21-11-12-22(18)14-17(15-7-3-1-4-8-15)16-9-5-2-6-10-16/h1-10,17-18H,11-14H2,(H,21,25)(H,23,24)/t18-/m0/s1. The summed E-state index contributed by atoms with van der Waals surface area (Å²) < 4.78 is 0. The van der Waals surface area contributed by atoms with Crippen molar-refractivity contribution in [2.45, 2.75) is 18.4 Å². The van der Waals surface area contributed by atoms with Crippen LogP contribution in [0.5, 0.6) is 0 Å². The van der Waals surface area contributed by atoms with Gasteiger partial charge in [-0.15, -0.1) is 0 Å². The summed E-state index contributed by atoms with van der Waals surface area (Å²) in [6.45, 7) is 1.81. The van der Waals surface area contributed by atoms with Crippen molar-refractivity contribution in [2.24, 2.45) is 0 Å². The van der Waals surface area contributed by atoms with Crippen molar-refractivity contribution in [2.75, 3.05) is 19.6 Å². The molecule has 3 rings (SSSR count). The minimum Gasteiger partial charge on any atom is -0.481 e. The van der Waals surface area contributed by atoms with Crippen LogP contribution in [0.1, 0.15) is 23.5 Å². The molecule has 5 heteroatoms. The second-order valence-electron chi connectivity index (χ2n) is 6.27. The van der Waals surface area contributed by atoms with Gasteiger partial charge in [-0.1, -0.05) is 60.7 Å². The van der Waals surface area contributed by atoms with Gasteiger partial charge in [0.15, 0.2) is 0 Å². The third-order valence-corrected chi connectivity index (χ3v) is 4.63. The number of amides is 1. The summed E-state index contributed by atoms with van der Waals surface area (Å²) in [5, 5.41) is 11.9. The molecule has 0 saturated carbocycles. The van der Waals surface area contributed by atoms with Crippen molar-refractivity contribution in [1.29, 1.82) is 0 Å². The van der Waals surface area contributed by atoms with Gasteiger partial charge in [-0.2, -0.15) is 0 Å². The minimum atomic E-state index is -0.956. The van der Waals surface area contributed by atoms with Crippen LogP contribution in [-0.4, -0.2) is 47.6 Å². The van der Waals surface area contributed by atoms with Crippen LogP contribution < -0.4 is 5.32 Å². The van der Waals surface area contributed by atoms with E-state index in [2.05, 4.69) is 29.6 Å². The lowest BCUT2D eigenvalue weighted by Crippen LogP contribution is -2.56. The highest BCUT2D eigenvalue weighted by Gasteiger charge is 2.33. The van der Waals surface area contributed by atoms with Crippen molar-refractivity contribution in [3.8, 4) is 0 Å². The van der Waals surface area contributed by atoms with Crippen LogP contribution in [-0.2, 0) is 9.59 Å². The molecular formula is C20H22N2O3. The van der Waals surface area contributed by atoms with Gasteiger partial charge >= 0.3 is 5.97 Å². The number of carbonyl (C=O) groups excluding carboxylic acids is 1. The molecule has 1 aliphatic heterocycles. The molecular weight excluding hydrogens is 316 g/mol. The third kappa shape index (κ3) is 4.25. The highest BCUT2D eigenvalue weighted by Crippen LogP contribution is 2.27. The second kappa shape index (κ2) is 7.94. The van der Waals surface area contributed by atoms with Crippen molar-refractivity contribution in [3.63, 3.8) is 0 Å². The lowest BCUT2D eigenvalue weighted by Gasteiger charge is -2.36. The quantitative estimate of drug-likeness (QED) is 0.846. The molecule has 0 unspecified atom stereocenters. The summed E-state index contributed by atoms with van der Waals surface area (Å²) in [5.41, 5.74) is 2.32. The molecule has 1 amide bonds. The molecule has 2 aromatic carbocycles. The fraction of sp³-hybridized carbons (Fsp3) is 0.300. The molecule has 0 spiro atoms. The lowest BCUT2D eigenvalue weighted by atomic mass is 9.90. The Morgan fingerprint density at radius 2 is 1.64 bits per heavy atom. The van der Waals surface area contributed by atoms with Gasteiger partial charge in [0.05, 0.1) is 12.5 Å². The first kappa shape index (κ1) is 17.2. The van der Waals surface area contributed by atoms with E-state index < -0.39 is 12.0 Å². The van der Waals surface area contributed by atoms with Crippen LogP contribution in [0.25, 0.3) is 0 Å². The van der Waals surface area contributed by atoms with Gasteiger partial charge in [0.2, 0.25) is 5.91 Å². The lowest BCUT2D eigenvalue weighted by molar-refractivity contribution is -0.143. The maximum Gasteiger partial charge on any atom is 0.305 e. The molecule has 130 valence electrons. The van der Waals surface area contributed by atoms with E-state index in [0.29, 0.717) is 19.6 Å². The van der Waals surface area contributed by atoms with Crippen molar-refractivity contribution < 1.29 is 14.7 Å².